The monoisotopic (exact) mass is 279 g/mol. The number of rotatable bonds is 3. The quantitative estimate of drug-likeness (QED) is 0.836. The molecule has 20 heavy (non-hydrogen) atoms. The smallest absolute Gasteiger partial charge is 0.161 e. The number of hydrogen-bond acceptors (Lipinski definition) is 1. The average Bonchev–Trinajstić information content (AvgIpc) is 2.38. The fourth-order valence-corrected chi connectivity index (χ4v) is 2.39. The number of hydrogen-bond donors (Lipinski definition) is 1. The van der Waals surface area contributed by atoms with E-state index in [1.807, 2.05) is 32.0 Å². The number of halogens is 3. The maximum atomic E-state index is 13.9. The van der Waals surface area contributed by atoms with E-state index in [2.05, 4.69) is 5.32 Å². The van der Waals surface area contributed by atoms with Gasteiger partial charge in [-0.25, -0.2) is 13.2 Å². The number of aryl methyl sites for hydroxylation is 2. The summed E-state index contributed by atoms with van der Waals surface area (Å²) < 4.78 is 40.3. The van der Waals surface area contributed by atoms with Crippen molar-refractivity contribution in [3.05, 3.63) is 70.0 Å². The minimum absolute atomic E-state index is 0.0957. The number of benzene rings is 2. The van der Waals surface area contributed by atoms with Gasteiger partial charge in [-0.3, -0.25) is 0 Å². The van der Waals surface area contributed by atoms with Crippen molar-refractivity contribution in [2.45, 2.75) is 19.9 Å². The molecule has 1 nitrogen and oxygen atoms in total. The fraction of sp³-hybridized carbons (Fsp3) is 0.250. The molecule has 0 radical (unpaired) electrons. The van der Waals surface area contributed by atoms with Crippen LogP contribution in [-0.4, -0.2) is 7.05 Å². The molecule has 0 fully saturated rings. The summed E-state index contributed by atoms with van der Waals surface area (Å²) in [5, 5.41) is 2.95. The molecule has 2 aromatic rings. The lowest BCUT2D eigenvalue weighted by molar-refractivity contribution is 0.483. The van der Waals surface area contributed by atoms with Crippen LogP contribution in [0, 0.1) is 31.3 Å². The zero-order chi connectivity index (χ0) is 14.9. The molecule has 0 aromatic heterocycles. The van der Waals surface area contributed by atoms with Crippen LogP contribution in [0.5, 0.6) is 0 Å². The molecule has 0 amide bonds. The molecular weight excluding hydrogens is 263 g/mol. The standard InChI is InChI=1S/C16H16F3N/c1-9-4-5-11(10(2)6-9)16(20-3)12-7-14(18)15(19)8-13(12)17/h4-8,16,20H,1-3H3. The molecule has 1 unspecified atom stereocenters. The van der Waals surface area contributed by atoms with Gasteiger partial charge in [-0.15, -0.1) is 0 Å². The Morgan fingerprint density at radius 2 is 1.50 bits per heavy atom. The van der Waals surface area contributed by atoms with Crippen LogP contribution in [0.2, 0.25) is 0 Å². The lowest BCUT2D eigenvalue weighted by Gasteiger charge is -2.20. The van der Waals surface area contributed by atoms with Crippen molar-refractivity contribution in [1.82, 2.24) is 5.32 Å². The van der Waals surface area contributed by atoms with Crippen molar-refractivity contribution in [2.75, 3.05) is 7.05 Å². The van der Waals surface area contributed by atoms with Gasteiger partial charge in [-0.05, 0) is 38.1 Å². The van der Waals surface area contributed by atoms with Gasteiger partial charge < -0.3 is 5.32 Å². The third kappa shape index (κ3) is 2.70. The third-order valence-electron chi connectivity index (χ3n) is 3.38. The van der Waals surface area contributed by atoms with Gasteiger partial charge in [0.1, 0.15) is 5.82 Å². The van der Waals surface area contributed by atoms with E-state index in [9.17, 15) is 13.2 Å². The Bertz CT molecular complexity index is 638. The molecule has 0 aliphatic heterocycles. The van der Waals surface area contributed by atoms with Crippen molar-refractivity contribution in [1.29, 1.82) is 0 Å². The molecule has 0 saturated carbocycles. The molecule has 0 heterocycles. The minimum Gasteiger partial charge on any atom is -0.309 e. The van der Waals surface area contributed by atoms with E-state index < -0.39 is 23.5 Å². The van der Waals surface area contributed by atoms with E-state index in [0.717, 1.165) is 22.8 Å². The normalized spacial score (nSPS) is 12.5. The summed E-state index contributed by atoms with van der Waals surface area (Å²) in [6.07, 6.45) is 0. The highest BCUT2D eigenvalue weighted by molar-refractivity contribution is 5.39. The van der Waals surface area contributed by atoms with Crippen LogP contribution in [0.1, 0.15) is 28.3 Å². The second-order valence-corrected chi connectivity index (χ2v) is 4.87. The number of nitrogens with one attached hydrogen (secondary N) is 1. The van der Waals surface area contributed by atoms with Crippen molar-refractivity contribution < 1.29 is 13.2 Å². The summed E-state index contributed by atoms with van der Waals surface area (Å²) in [5.41, 5.74) is 2.99. The Morgan fingerprint density at radius 3 is 2.10 bits per heavy atom. The van der Waals surface area contributed by atoms with E-state index in [0.29, 0.717) is 6.07 Å². The Hall–Kier alpha value is -1.81. The van der Waals surface area contributed by atoms with Crippen LogP contribution >= 0.6 is 0 Å². The molecule has 1 atom stereocenters. The van der Waals surface area contributed by atoms with Crippen LogP contribution in [0.25, 0.3) is 0 Å². The maximum Gasteiger partial charge on any atom is 0.161 e. The van der Waals surface area contributed by atoms with Crippen LogP contribution < -0.4 is 5.32 Å². The van der Waals surface area contributed by atoms with Gasteiger partial charge in [-0.1, -0.05) is 23.8 Å². The van der Waals surface area contributed by atoms with E-state index in [4.69, 9.17) is 0 Å². The second-order valence-electron chi connectivity index (χ2n) is 4.87. The Morgan fingerprint density at radius 1 is 0.850 bits per heavy atom. The average molecular weight is 279 g/mol. The largest absolute Gasteiger partial charge is 0.309 e. The SMILES string of the molecule is CNC(c1ccc(C)cc1C)c1cc(F)c(F)cc1F. The lowest BCUT2D eigenvalue weighted by Crippen LogP contribution is -2.20. The van der Waals surface area contributed by atoms with Crippen LogP contribution in [0.3, 0.4) is 0 Å². The summed E-state index contributed by atoms with van der Waals surface area (Å²) in [6, 6.07) is 6.71. The van der Waals surface area contributed by atoms with Gasteiger partial charge in [-0.2, -0.15) is 0 Å². The second kappa shape index (κ2) is 5.67. The molecule has 0 saturated heterocycles. The highest BCUT2D eigenvalue weighted by atomic mass is 19.2. The van der Waals surface area contributed by atoms with E-state index in [1.54, 1.807) is 7.05 Å². The van der Waals surface area contributed by atoms with Gasteiger partial charge in [0.05, 0.1) is 6.04 Å². The zero-order valence-electron chi connectivity index (χ0n) is 11.6. The molecule has 0 bridgehead atoms. The third-order valence-corrected chi connectivity index (χ3v) is 3.38. The molecule has 1 N–H and O–H groups in total. The highest BCUT2D eigenvalue weighted by Crippen LogP contribution is 2.28. The first-order valence-corrected chi connectivity index (χ1v) is 6.33. The summed E-state index contributed by atoms with van der Waals surface area (Å²) in [6.45, 7) is 3.87. The molecule has 2 aromatic carbocycles. The van der Waals surface area contributed by atoms with Crippen LogP contribution in [-0.2, 0) is 0 Å². The summed E-state index contributed by atoms with van der Waals surface area (Å²) in [5.74, 6) is -2.99. The topological polar surface area (TPSA) is 12.0 Å². The first-order chi connectivity index (χ1) is 9.43. The summed E-state index contributed by atoms with van der Waals surface area (Å²) in [7, 11) is 1.66. The molecule has 0 aliphatic rings. The van der Waals surface area contributed by atoms with Gasteiger partial charge >= 0.3 is 0 Å². The first-order valence-electron chi connectivity index (χ1n) is 6.33. The van der Waals surface area contributed by atoms with Gasteiger partial charge in [0, 0.05) is 11.6 Å². The molecule has 106 valence electrons. The van der Waals surface area contributed by atoms with E-state index in [1.165, 1.54) is 0 Å². The summed E-state index contributed by atoms with van der Waals surface area (Å²) >= 11 is 0. The van der Waals surface area contributed by atoms with Crippen LogP contribution in [0.4, 0.5) is 13.2 Å². The fourth-order valence-electron chi connectivity index (χ4n) is 2.39. The Labute approximate surface area is 116 Å². The van der Waals surface area contributed by atoms with E-state index >= 15 is 0 Å². The van der Waals surface area contributed by atoms with Gasteiger partial charge in [0.2, 0.25) is 0 Å². The molecule has 2 rings (SSSR count). The Balaban J connectivity index is 2.55. The molecule has 0 aliphatic carbocycles. The minimum atomic E-state index is -1.18. The lowest BCUT2D eigenvalue weighted by atomic mass is 9.93. The van der Waals surface area contributed by atoms with Gasteiger partial charge in [0.25, 0.3) is 0 Å². The highest BCUT2D eigenvalue weighted by Gasteiger charge is 2.20. The molecular formula is C16H16F3N. The van der Waals surface area contributed by atoms with Crippen molar-refractivity contribution in [3.8, 4) is 0 Å². The van der Waals surface area contributed by atoms with Crippen LogP contribution in [0.15, 0.2) is 30.3 Å². The predicted molar refractivity (Wildman–Crippen MR) is 73.1 cm³/mol. The van der Waals surface area contributed by atoms with Crippen molar-refractivity contribution in [2.24, 2.45) is 0 Å². The Kier molecular flexibility index (Phi) is 4.14. The zero-order valence-corrected chi connectivity index (χ0v) is 11.6. The molecule has 0 spiro atoms. The van der Waals surface area contributed by atoms with Gasteiger partial charge in [0.15, 0.2) is 11.6 Å². The maximum absolute atomic E-state index is 13.9. The van der Waals surface area contributed by atoms with E-state index in [-0.39, 0.29) is 5.56 Å². The summed E-state index contributed by atoms with van der Waals surface area (Å²) in [4.78, 5) is 0. The first kappa shape index (κ1) is 14.6. The van der Waals surface area contributed by atoms with Crippen molar-refractivity contribution in [3.63, 3.8) is 0 Å². The molecule has 4 heteroatoms. The predicted octanol–water partition coefficient (Wildman–Crippen LogP) is 4.03. The van der Waals surface area contributed by atoms with Crippen molar-refractivity contribution >= 4 is 0 Å².